The molecule has 8 nitrogen and oxygen atoms in total. The predicted octanol–water partition coefficient (Wildman–Crippen LogP) is 0.985. The normalized spacial score (nSPS) is 18.3. The average molecular weight is 393 g/mol. The van der Waals surface area contributed by atoms with Crippen LogP contribution in [0.5, 0.6) is 0 Å². The fraction of sp³-hybridized carbons (Fsp3) is 0.389. The molecule has 1 aliphatic heterocycles. The molecule has 0 N–H and O–H groups in total. The highest BCUT2D eigenvalue weighted by Gasteiger charge is 2.34. The van der Waals surface area contributed by atoms with Crippen LogP contribution >= 0.6 is 0 Å². The van der Waals surface area contributed by atoms with Gasteiger partial charge in [0, 0.05) is 18.0 Å². The van der Waals surface area contributed by atoms with Crippen molar-refractivity contribution in [3.05, 3.63) is 46.3 Å². The van der Waals surface area contributed by atoms with Crippen molar-refractivity contribution in [2.75, 3.05) is 24.7 Å². The molecular weight excluding hydrogens is 374 g/mol. The van der Waals surface area contributed by atoms with Crippen molar-refractivity contribution < 1.29 is 27.2 Å². The van der Waals surface area contributed by atoms with E-state index in [9.17, 15) is 22.8 Å². The van der Waals surface area contributed by atoms with Gasteiger partial charge in [-0.05, 0) is 25.5 Å². The van der Waals surface area contributed by atoms with Gasteiger partial charge in [-0.15, -0.1) is 0 Å². The molecule has 2 heterocycles. The van der Waals surface area contributed by atoms with Crippen molar-refractivity contribution in [3.63, 3.8) is 0 Å². The van der Waals surface area contributed by atoms with E-state index in [1.54, 1.807) is 31.2 Å². The molecule has 0 radical (unpaired) electrons. The predicted molar refractivity (Wildman–Crippen MR) is 97.2 cm³/mol. The second-order valence-electron chi connectivity index (χ2n) is 6.30. The molecule has 1 fully saturated rings. The SMILES string of the molecule is CCN(C(=O)COC(=O)c1cc2ccccc2oc1=O)[C@H]1CCS(=O)(=O)C1. The first-order chi connectivity index (χ1) is 12.8. The lowest BCUT2D eigenvalue weighted by molar-refractivity contribution is -0.136. The molecule has 3 rings (SSSR count). The molecule has 1 aliphatic rings. The van der Waals surface area contributed by atoms with Gasteiger partial charge in [0.05, 0.1) is 11.5 Å². The zero-order valence-corrected chi connectivity index (χ0v) is 15.5. The van der Waals surface area contributed by atoms with Crippen LogP contribution in [-0.2, 0) is 19.4 Å². The number of fused-ring (bicyclic) bond motifs is 1. The molecule has 0 saturated carbocycles. The standard InChI is InChI=1S/C18H19NO7S/c1-2-19(13-7-8-27(23,24)11-13)16(20)10-25-17(21)14-9-12-5-3-4-6-15(12)26-18(14)22/h3-6,9,13H,2,7-8,10-11H2,1H3/t13-/m0/s1. The highest BCUT2D eigenvalue weighted by atomic mass is 32.2. The number of hydrogen-bond donors (Lipinski definition) is 0. The van der Waals surface area contributed by atoms with E-state index in [1.807, 2.05) is 0 Å². The number of benzene rings is 1. The number of amides is 1. The molecule has 2 aromatic rings. The second-order valence-corrected chi connectivity index (χ2v) is 8.53. The zero-order chi connectivity index (χ0) is 19.6. The van der Waals surface area contributed by atoms with E-state index in [2.05, 4.69) is 0 Å². The highest BCUT2D eigenvalue weighted by molar-refractivity contribution is 7.91. The van der Waals surface area contributed by atoms with Gasteiger partial charge in [-0.25, -0.2) is 18.0 Å². The molecule has 1 saturated heterocycles. The molecule has 0 spiro atoms. The first kappa shape index (κ1) is 19.1. The van der Waals surface area contributed by atoms with Gasteiger partial charge in [-0.3, -0.25) is 4.79 Å². The summed E-state index contributed by atoms with van der Waals surface area (Å²) in [7, 11) is -3.14. The number of carbonyl (C=O) groups is 2. The fourth-order valence-corrected chi connectivity index (χ4v) is 4.88. The van der Waals surface area contributed by atoms with E-state index in [4.69, 9.17) is 9.15 Å². The van der Waals surface area contributed by atoms with Crippen molar-refractivity contribution in [1.29, 1.82) is 0 Å². The molecule has 144 valence electrons. The van der Waals surface area contributed by atoms with Gasteiger partial charge in [0.2, 0.25) is 0 Å². The lowest BCUT2D eigenvalue weighted by Gasteiger charge is -2.26. The number of likely N-dealkylation sites (N-methyl/N-ethyl adjacent to an activating group) is 1. The Bertz CT molecular complexity index is 1040. The zero-order valence-electron chi connectivity index (χ0n) is 14.7. The van der Waals surface area contributed by atoms with Crippen LogP contribution in [0.15, 0.2) is 39.5 Å². The number of sulfone groups is 1. The molecule has 1 atom stereocenters. The molecule has 27 heavy (non-hydrogen) atoms. The summed E-state index contributed by atoms with van der Waals surface area (Å²) in [6, 6.07) is 7.65. The Balaban J connectivity index is 1.69. The van der Waals surface area contributed by atoms with E-state index in [0.29, 0.717) is 23.9 Å². The van der Waals surface area contributed by atoms with E-state index >= 15 is 0 Å². The third kappa shape index (κ3) is 4.19. The molecule has 1 amide bonds. The minimum absolute atomic E-state index is 0.0410. The lowest BCUT2D eigenvalue weighted by atomic mass is 10.2. The quantitative estimate of drug-likeness (QED) is 0.550. The molecule has 1 aromatic carbocycles. The van der Waals surface area contributed by atoms with Crippen molar-refractivity contribution in [3.8, 4) is 0 Å². The summed E-state index contributed by atoms with van der Waals surface area (Å²) in [6.45, 7) is 1.45. The summed E-state index contributed by atoms with van der Waals surface area (Å²) in [6.07, 6.45) is 0.365. The van der Waals surface area contributed by atoms with Crippen LogP contribution in [0.25, 0.3) is 11.0 Å². The molecule has 1 aromatic heterocycles. The maximum absolute atomic E-state index is 12.4. The van der Waals surface area contributed by atoms with Crippen molar-refractivity contribution in [1.82, 2.24) is 4.90 Å². The van der Waals surface area contributed by atoms with Gasteiger partial charge >= 0.3 is 11.6 Å². The summed E-state index contributed by atoms with van der Waals surface area (Å²) in [5.41, 5.74) is -0.803. The van der Waals surface area contributed by atoms with Gasteiger partial charge in [-0.2, -0.15) is 0 Å². The number of para-hydroxylation sites is 1. The Morgan fingerprint density at radius 1 is 1.30 bits per heavy atom. The van der Waals surface area contributed by atoms with E-state index < -0.39 is 40.0 Å². The van der Waals surface area contributed by atoms with Crippen LogP contribution in [0.2, 0.25) is 0 Å². The van der Waals surface area contributed by atoms with Gasteiger partial charge < -0.3 is 14.1 Å². The van der Waals surface area contributed by atoms with Crippen LogP contribution in [0, 0.1) is 0 Å². The van der Waals surface area contributed by atoms with Crippen LogP contribution in [0.1, 0.15) is 23.7 Å². The Labute approximate surface area is 155 Å². The molecular formula is C18H19NO7S. The topological polar surface area (TPSA) is 111 Å². The van der Waals surface area contributed by atoms with Crippen molar-refractivity contribution >= 4 is 32.7 Å². The summed E-state index contributed by atoms with van der Waals surface area (Å²) >= 11 is 0. The van der Waals surface area contributed by atoms with E-state index in [-0.39, 0.29) is 17.1 Å². The summed E-state index contributed by atoms with van der Waals surface area (Å²) in [5.74, 6) is -1.51. The monoisotopic (exact) mass is 393 g/mol. The van der Waals surface area contributed by atoms with E-state index in [1.165, 1.54) is 11.0 Å². The number of hydrogen-bond acceptors (Lipinski definition) is 7. The maximum Gasteiger partial charge on any atom is 0.351 e. The van der Waals surface area contributed by atoms with Crippen LogP contribution in [-0.4, -0.2) is 55.9 Å². The first-order valence-electron chi connectivity index (χ1n) is 8.50. The van der Waals surface area contributed by atoms with E-state index in [0.717, 1.165) is 0 Å². The van der Waals surface area contributed by atoms with Crippen molar-refractivity contribution in [2.24, 2.45) is 0 Å². The second kappa shape index (κ2) is 7.51. The Hall–Kier alpha value is -2.68. The summed E-state index contributed by atoms with van der Waals surface area (Å²) in [5, 5.41) is 0.557. The number of esters is 1. The van der Waals surface area contributed by atoms with Gasteiger partial charge in [0.15, 0.2) is 16.4 Å². The summed E-state index contributed by atoms with van der Waals surface area (Å²) in [4.78, 5) is 37.9. The molecule has 9 heteroatoms. The highest BCUT2D eigenvalue weighted by Crippen LogP contribution is 2.18. The number of ether oxygens (including phenoxy) is 1. The fourth-order valence-electron chi connectivity index (χ4n) is 3.15. The summed E-state index contributed by atoms with van der Waals surface area (Å²) < 4.78 is 33.3. The Morgan fingerprint density at radius 3 is 2.70 bits per heavy atom. The minimum Gasteiger partial charge on any atom is -0.452 e. The molecule has 0 unspecified atom stereocenters. The Morgan fingerprint density at radius 2 is 2.04 bits per heavy atom. The van der Waals surface area contributed by atoms with Crippen LogP contribution < -0.4 is 5.63 Å². The maximum atomic E-state index is 12.4. The third-order valence-electron chi connectivity index (χ3n) is 4.50. The number of carbonyl (C=O) groups excluding carboxylic acids is 2. The Kier molecular flexibility index (Phi) is 5.31. The molecule has 0 aliphatic carbocycles. The van der Waals surface area contributed by atoms with Gasteiger partial charge in [-0.1, -0.05) is 18.2 Å². The molecule has 0 bridgehead atoms. The number of nitrogens with zero attached hydrogens (tertiary/aromatic N) is 1. The first-order valence-corrected chi connectivity index (χ1v) is 10.3. The smallest absolute Gasteiger partial charge is 0.351 e. The largest absolute Gasteiger partial charge is 0.452 e. The van der Waals surface area contributed by atoms with Gasteiger partial charge in [0.25, 0.3) is 5.91 Å². The lowest BCUT2D eigenvalue weighted by Crippen LogP contribution is -2.43. The van der Waals surface area contributed by atoms with Gasteiger partial charge in [0.1, 0.15) is 11.1 Å². The average Bonchev–Trinajstić information content (AvgIpc) is 2.99. The minimum atomic E-state index is -3.14. The number of rotatable bonds is 5. The van der Waals surface area contributed by atoms with Crippen LogP contribution in [0.3, 0.4) is 0 Å². The van der Waals surface area contributed by atoms with Crippen LogP contribution in [0.4, 0.5) is 0 Å². The third-order valence-corrected chi connectivity index (χ3v) is 6.25. The van der Waals surface area contributed by atoms with Crippen molar-refractivity contribution in [2.45, 2.75) is 19.4 Å².